The van der Waals surface area contributed by atoms with Crippen molar-refractivity contribution in [3.05, 3.63) is 32.7 Å². The van der Waals surface area contributed by atoms with Gasteiger partial charge in [-0.1, -0.05) is 29.3 Å². The molecule has 2 nitrogen and oxygen atoms in total. The van der Waals surface area contributed by atoms with Crippen LogP contribution in [0, 0.1) is 5.92 Å². The molecule has 1 amide bonds. The molecular formula is C16H21Br2NO. The van der Waals surface area contributed by atoms with Crippen LogP contribution < -0.4 is 0 Å². The molecule has 0 atom stereocenters. The van der Waals surface area contributed by atoms with Gasteiger partial charge in [-0.2, -0.15) is 0 Å². The molecule has 0 bridgehead atoms. The standard InChI is InChI=1S/C16H21Br2NO/c1-3-11-4-7-13(8-5-11)19(2)16(20)14-9-6-12(17)10-15(14)18/h6,9-11,13H,3-5,7-8H2,1-2H3. The quantitative estimate of drug-likeness (QED) is 0.675. The van der Waals surface area contributed by atoms with E-state index in [0.29, 0.717) is 6.04 Å². The monoisotopic (exact) mass is 401 g/mol. The highest BCUT2D eigenvalue weighted by Gasteiger charge is 2.27. The van der Waals surface area contributed by atoms with Crippen LogP contribution in [0.2, 0.25) is 0 Å². The Morgan fingerprint density at radius 1 is 1.25 bits per heavy atom. The van der Waals surface area contributed by atoms with Gasteiger partial charge in [0.2, 0.25) is 0 Å². The summed E-state index contributed by atoms with van der Waals surface area (Å²) in [5.74, 6) is 0.971. The molecule has 0 unspecified atom stereocenters. The maximum atomic E-state index is 12.6. The Morgan fingerprint density at radius 2 is 1.90 bits per heavy atom. The lowest BCUT2D eigenvalue weighted by atomic mass is 9.84. The van der Waals surface area contributed by atoms with E-state index in [1.807, 2.05) is 30.1 Å². The maximum Gasteiger partial charge on any atom is 0.254 e. The Morgan fingerprint density at radius 3 is 2.45 bits per heavy atom. The average molecular weight is 403 g/mol. The molecule has 0 spiro atoms. The van der Waals surface area contributed by atoms with E-state index in [0.717, 1.165) is 33.3 Å². The molecule has 0 saturated heterocycles. The molecule has 1 aromatic carbocycles. The molecule has 0 aliphatic heterocycles. The first kappa shape index (κ1) is 16.0. The lowest BCUT2D eigenvalue weighted by molar-refractivity contribution is 0.0674. The van der Waals surface area contributed by atoms with E-state index in [1.165, 1.54) is 19.3 Å². The largest absolute Gasteiger partial charge is 0.339 e. The number of hydrogen-bond acceptors (Lipinski definition) is 1. The van der Waals surface area contributed by atoms with Gasteiger partial charge in [0.1, 0.15) is 0 Å². The number of halogens is 2. The van der Waals surface area contributed by atoms with Gasteiger partial charge in [0, 0.05) is 22.0 Å². The van der Waals surface area contributed by atoms with Crippen molar-refractivity contribution >= 4 is 37.8 Å². The van der Waals surface area contributed by atoms with Gasteiger partial charge >= 0.3 is 0 Å². The fourth-order valence-corrected chi connectivity index (χ4v) is 4.18. The molecule has 1 fully saturated rings. The van der Waals surface area contributed by atoms with E-state index in [1.54, 1.807) is 0 Å². The van der Waals surface area contributed by atoms with Crippen LogP contribution in [-0.2, 0) is 0 Å². The highest BCUT2D eigenvalue weighted by molar-refractivity contribution is 9.11. The lowest BCUT2D eigenvalue weighted by Gasteiger charge is -2.34. The van der Waals surface area contributed by atoms with Gasteiger partial charge in [-0.3, -0.25) is 4.79 Å². The normalized spacial score (nSPS) is 22.6. The fourth-order valence-electron chi connectivity index (χ4n) is 2.96. The Bertz CT molecular complexity index is 481. The van der Waals surface area contributed by atoms with Gasteiger partial charge in [-0.05, 0) is 65.7 Å². The molecule has 1 aliphatic carbocycles. The van der Waals surface area contributed by atoms with Crippen molar-refractivity contribution in [3.63, 3.8) is 0 Å². The molecule has 0 aromatic heterocycles. The van der Waals surface area contributed by atoms with Gasteiger partial charge in [-0.15, -0.1) is 0 Å². The summed E-state index contributed by atoms with van der Waals surface area (Å²) in [5, 5.41) is 0. The molecule has 0 radical (unpaired) electrons. The minimum absolute atomic E-state index is 0.115. The molecule has 0 heterocycles. The van der Waals surface area contributed by atoms with Crippen molar-refractivity contribution in [2.45, 2.75) is 45.1 Å². The third-order valence-corrected chi connectivity index (χ3v) is 5.57. The van der Waals surface area contributed by atoms with Gasteiger partial charge in [-0.25, -0.2) is 0 Å². The molecule has 1 aliphatic rings. The molecular weight excluding hydrogens is 382 g/mol. The number of carbonyl (C=O) groups excluding carboxylic acids is 1. The predicted molar refractivity (Wildman–Crippen MR) is 90.0 cm³/mol. The van der Waals surface area contributed by atoms with E-state index in [4.69, 9.17) is 0 Å². The average Bonchev–Trinajstić information content (AvgIpc) is 2.46. The van der Waals surface area contributed by atoms with Crippen LogP contribution in [0.5, 0.6) is 0 Å². The van der Waals surface area contributed by atoms with E-state index in [-0.39, 0.29) is 5.91 Å². The van der Waals surface area contributed by atoms with Gasteiger partial charge in [0.15, 0.2) is 0 Å². The second-order valence-corrected chi connectivity index (χ2v) is 7.39. The lowest BCUT2D eigenvalue weighted by Crippen LogP contribution is -2.39. The Balaban J connectivity index is 2.05. The summed E-state index contributed by atoms with van der Waals surface area (Å²) in [4.78, 5) is 14.5. The third kappa shape index (κ3) is 3.64. The topological polar surface area (TPSA) is 20.3 Å². The van der Waals surface area contributed by atoms with Gasteiger partial charge in [0.05, 0.1) is 5.56 Å². The van der Waals surface area contributed by atoms with Crippen LogP contribution in [0.3, 0.4) is 0 Å². The minimum atomic E-state index is 0.115. The van der Waals surface area contributed by atoms with E-state index in [2.05, 4.69) is 38.8 Å². The zero-order valence-electron chi connectivity index (χ0n) is 12.0. The van der Waals surface area contributed by atoms with Crippen LogP contribution in [0.1, 0.15) is 49.4 Å². The van der Waals surface area contributed by atoms with Crippen molar-refractivity contribution < 1.29 is 4.79 Å². The first-order valence-electron chi connectivity index (χ1n) is 7.25. The molecule has 2 rings (SSSR count). The number of amides is 1. The third-order valence-electron chi connectivity index (χ3n) is 4.42. The van der Waals surface area contributed by atoms with E-state index in [9.17, 15) is 4.79 Å². The minimum Gasteiger partial charge on any atom is -0.339 e. The summed E-state index contributed by atoms with van der Waals surface area (Å²) in [5.41, 5.74) is 0.744. The van der Waals surface area contributed by atoms with Crippen LogP contribution in [0.25, 0.3) is 0 Å². The number of hydrogen-bond donors (Lipinski definition) is 0. The molecule has 110 valence electrons. The number of rotatable bonds is 3. The highest BCUT2D eigenvalue weighted by Crippen LogP contribution is 2.30. The number of benzene rings is 1. The first-order chi connectivity index (χ1) is 9.52. The Hall–Kier alpha value is -0.350. The molecule has 20 heavy (non-hydrogen) atoms. The van der Waals surface area contributed by atoms with Crippen molar-refractivity contribution in [1.82, 2.24) is 4.90 Å². The summed E-state index contributed by atoms with van der Waals surface area (Å²) in [6.07, 6.45) is 6.03. The summed E-state index contributed by atoms with van der Waals surface area (Å²) in [6, 6.07) is 6.11. The molecule has 0 N–H and O–H groups in total. The highest BCUT2D eigenvalue weighted by atomic mass is 79.9. The second-order valence-electron chi connectivity index (χ2n) is 5.62. The second kappa shape index (κ2) is 7.08. The molecule has 1 aromatic rings. The van der Waals surface area contributed by atoms with Crippen LogP contribution in [0.15, 0.2) is 27.1 Å². The van der Waals surface area contributed by atoms with Crippen molar-refractivity contribution in [2.75, 3.05) is 7.05 Å². The Labute approximate surface area is 138 Å². The number of nitrogens with zero attached hydrogens (tertiary/aromatic N) is 1. The van der Waals surface area contributed by atoms with Crippen LogP contribution >= 0.6 is 31.9 Å². The zero-order valence-corrected chi connectivity index (χ0v) is 15.2. The van der Waals surface area contributed by atoms with Crippen LogP contribution in [0.4, 0.5) is 0 Å². The van der Waals surface area contributed by atoms with Crippen molar-refractivity contribution in [1.29, 1.82) is 0 Å². The first-order valence-corrected chi connectivity index (χ1v) is 8.83. The molecule has 1 saturated carbocycles. The number of carbonyl (C=O) groups is 1. The molecule has 4 heteroatoms. The summed E-state index contributed by atoms with van der Waals surface area (Å²) in [6.45, 7) is 2.26. The van der Waals surface area contributed by atoms with Crippen LogP contribution in [-0.4, -0.2) is 23.9 Å². The Kier molecular flexibility index (Phi) is 5.67. The maximum absolute atomic E-state index is 12.6. The summed E-state index contributed by atoms with van der Waals surface area (Å²) >= 11 is 6.90. The van der Waals surface area contributed by atoms with E-state index < -0.39 is 0 Å². The van der Waals surface area contributed by atoms with E-state index >= 15 is 0 Å². The smallest absolute Gasteiger partial charge is 0.254 e. The van der Waals surface area contributed by atoms with Crippen molar-refractivity contribution in [3.8, 4) is 0 Å². The van der Waals surface area contributed by atoms with Gasteiger partial charge < -0.3 is 4.90 Å². The fraction of sp³-hybridized carbons (Fsp3) is 0.562. The zero-order chi connectivity index (χ0) is 14.7. The summed E-state index contributed by atoms with van der Waals surface area (Å²) < 4.78 is 1.83. The summed E-state index contributed by atoms with van der Waals surface area (Å²) in [7, 11) is 1.94. The SMILES string of the molecule is CCC1CCC(N(C)C(=O)c2ccc(Br)cc2Br)CC1. The predicted octanol–water partition coefficient (Wildman–Crippen LogP) is 5.25. The van der Waals surface area contributed by atoms with Gasteiger partial charge in [0.25, 0.3) is 5.91 Å². The van der Waals surface area contributed by atoms with Crippen molar-refractivity contribution in [2.24, 2.45) is 5.92 Å².